The number of ether oxygens (including phenoxy) is 1. The van der Waals surface area contributed by atoms with Gasteiger partial charge in [0.15, 0.2) is 17.5 Å². The Labute approximate surface area is 252 Å². The number of alkyl halides is 2. The minimum absolute atomic E-state index is 0.0603. The second-order valence-corrected chi connectivity index (χ2v) is 11.5. The summed E-state index contributed by atoms with van der Waals surface area (Å²) >= 11 is 0. The molecule has 0 N–H and O–H groups in total. The number of halogens is 7. The van der Waals surface area contributed by atoms with Crippen molar-refractivity contribution in [3.8, 4) is 22.3 Å². The molecule has 1 saturated carbocycles. The third-order valence-electron chi connectivity index (χ3n) is 8.38. The van der Waals surface area contributed by atoms with Gasteiger partial charge in [-0.15, -0.1) is 0 Å². The van der Waals surface area contributed by atoms with Crippen molar-refractivity contribution in [3.63, 3.8) is 0 Å². The van der Waals surface area contributed by atoms with Crippen molar-refractivity contribution in [2.45, 2.75) is 76.4 Å². The van der Waals surface area contributed by atoms with Crippen LogP contribution < -0.4 is 0 Å². The Morgan fingerprint density at radius 3 is 1.91 bits per heavy atom. The molecule has 0 spiro atoms. The third kappa shape index (κ3) is 7.17. The number of aryl methyl sites for hydroxylation is 1. The summed E-state index contributed by atoms with van der Waals surface area (Å²) in [7, 11) is 0. The van der Waals surface area contributed by atoms with Crippen molar-refractivity contribution < 1.29 is 35.5 Å². The number of hydrogen-bond donors (Lipinski definition) is 0. The summed E-state index contributed by atoms with van der Waals surface area (Å²) in [5.41, 5.74) is 2.05. The standard InChI is InChI=1S/C36H33F7O/c1-2-3-4-5-22-6-17-30(32(38)18-22)36(42,43)44-28-14-11-24(12-15-28)23-7-9-25(10-8-23)26-13-16-29(31(37)19-26)27-20-33(39)35(41)34(40)21-27/h6-10,13,16-21,24,28H,2-5,11-12,14-15H2,1H3. The van der Waals surface area contributed by atoms with E-state index in [1.165, 1.54) is 18.2 Å². The van der Waals surface area contributed by atoms with Gasteiger partial charge in [0.05, 0.1) is 11.7 Å². The zero-order valence-electron chi connectivity index (χ0n) is 24.3. The minimum atomic E-state index is -3.73. The fourth-order valence-electron chi connectivity index (χ4n) is 5.90. The van der Waals surface area contributed by atoms with E-state index in [-0.39, 0.29) is 17.0 Å². The molecule has 232 valence electrons. The number of rotatable bonds is 10. The van der Waals surface area contributed by atoms with E-state index in [1.807, 2.05) is 24.3 Å². The van der Waals surface area contributed by atoms with Gasteiger partial charge in [-0.25, -0.2) is 22.0 Å². The Bertz CT molecular complexity index is 1570. The zero-order chi connectivity index (χ0) is 31.4. The van der Waals surface area contributed by atoms with E-state index in [4.69, 9.17) is 4.74 Å². The van der Waals surface area contributed by atoms with Gasteiger partial charge < -0.3 is 4.74 Å². The summed E-state index contributed by atoms with van der Waals surface area (Å²) in [6, 6.07) is 17.1. The first-order valence-corrected chi connectivity index (χ1v) is 14.9. The lowest BCUT2D eigenvalue weighted by atomic mass is 9.82. The number of benzene rings is 4. The summed E-state index contributed by atoms with van der Waals surface area (Å²) in [6.07, 6.45) is 1.15. The van der Waals surface area contributed by atoms with Crippen molar-refractivity contribution in [2.24, 2.45) is 0 Å². The van der Waals surface area contributed by atoms with Crippen LogP contribution >= 0.6 is 0 Å². The van der Waals surface area contributed by atoms with Crippen LogP contribution in [-0.4, -0.2) is 6.10 Å². The first kappa shape index (κ1) is 31.8. The molecule has 1 fully saturated rings. The highest BCUT2D eigenvalue weighted by Crippen LogP contribution is 2.40. The second kappa shape index (κ2) is 13.6. The van der Waals surface area contributed by atoms with Crippen molar-refractivity contribution in [1.29, 1.82) is 0 Å². The molecule has 5 rings (SSSR count). The van der Waals surface area contributed by atoms with Gasteiger partial charge >= 0.3 is 6.11 Å². The largest absolute Gasteiger partial charge is 0.386 e. The fraction of sp³-hybridized carbons (Fsp3) is 0.333. The normalized spacial score (nSPS) is 17.2. The van der Waals surface area contributed by atoms with Gasteiger partial charge in [-0.1, -0.05) is 62.2 Å². The molecule has 0 heterocycles. The Balaban J connectivity index is 1.19. The van der Waals surface area contributed by atoms with Crippen LogP contribution in [0.25, 0.3) is 22.3 Å². The Hall–Kier alpha value is -3.65. The molecule has 0 unspecified atom stereocenters. The first-order valence-electron chi connectivity index (χ1n) is 14.9. The maximum absolute atomic E-state index is 14.9. The van der Waals surface area contributed by atoms with E-state index >= 15 is 0 Å². The predicted octanol–water partition coefficient (Wildman–Crippen LogP) is 11.2. The highest BCUT2D eigenvalue weighted by Gasteiger charge is 2.40. The lowest BCUT2D eigenvalue weighted by Gasteiger charge is -2.31. The van der Waals surface area contributed by atoms with Crippen LogP contribution in [-0.2, 0) is 17.3 Å². The summed E-state index contributed by atoms with van der Waals surface area (Å²) < 4.78 is 105. The monoisotopic (exact) mass is 614 g/mol. The van der Waals surface area contributed by atoms with Gasteiger partial charge in [0.25, 0.3) is 0 Å². The van der Waals surface area contributed by atoms with E-state index in [9.17, 15) is 30.7 Å². The molecule has 0 aliphatic heterocycles. The van der Waals surface area contributed by atoms with Gasteiger partial charge in [-0.05, 0) is 103 Å². The van der Waals surface area contributed by atoms with Crippen LogP contribution in [0.2, 0.25) is 0 Å². The molecule has 1 aliphatic carbocycles. The van der Waals surface area contributed by atoms with Crippen molar-refractivity contribution in [2.75, 3.05) is 0 Å². The minimum Gasteiger partial charge on any atom is -0.313 e. The van der Waals surface area contributed by atoms with Gasteiger partial charge in [-0.2, -0.15) is 8.78 Å². The molecular weight excluding hydrogens is 581 g/mol. The van der Waals surface area contributed by atoms with Crippen LogP contribution in [0.1, 0.15) is 74.5 Å². The molecule has 0 atom stereocenters. The van der Waals surface area contributed by atoms with Crippen molar-refractivity contribution >= 4 is 0 Å². The van der Waals surface area contributed by atoms with Crippen LogP contribution in [0.4, 0.5) is 30.7 Å². The summed E-state index contributed by atoms with van der Waals surface area (Å²) in [4.78, 5) is 0. The van der Waals surface area contributed by atoms with Gasteiger partial charge in [-0.3, -0.25) is 0 Å². The van der Waals surface area contributed by atoms with E-state index in [2.05, 4.69) is 6.92 Å². The molecule has 0 aromatic heterocycles. The molecule has 4 aromatic rings. The molecule has 0 bridgehead atoms. The molecule has 1 aliphatic rings. The van der Waals surface area contributed by atoms with Gasteiger partial charge in [0.2, 0.25) is 0 Å². The molecule has 4 aromatic carbocycles. The summed E-state index contributed by atoms with van der Waals surface area (Å²) in [6.45, 7) is 2.06. The molecule has 0 saturated heterocycles. The van der Waals surface area contributed by atoms with E-state index in [0.717, 1.165) is 43.0 Å². The molecule has 44 heavy (non-hydrogen) atoms. The first-order chi connectivity index (χ1) is 21.1. The van der Waals surface area contributed by atoms with Crippen LogP contribution in [0.3, 0.4) is 0 Å². The van der Waals surface area contributed by atoms with E-state index < -0.39 is 46.9 Å². The molecule has 0 amide bonds. The molecular formula is C36H33F7O. The summed E-state index contributed by atoms with van der Waals surface area (Å²) in [5, 5.41) is 0. The topological polar surface area (TPSA) is 9.23 Å². The summed E-state index contributed by atoms with van der Waals surface area (Å²) in [5.74, 6) is -5.95. The SMILES string of the molecule is CCCCCc1ccc(C(F)(F)OC2CCC(c3ccc(-c4ccc(-c5cc(F)c(F)c(F)c5)c(F)c4)cc3)CC2)c(F)c1. The van der Waals surface area contributed by atoms with Crippen LogP contribution in [0.5, 0.6) is 0 Å². The molecule has 1 nitrogen and oxygen atoms in total. The average molecular weight is 615 g/mol. The maximum atomic E-state index is 14.9. The molecule has 0 radical (unpaired) electrons. The second-order valence-electron chi connectivity index (χ2n) is 11.5. The van der Waals surface area contributed by atoms with Crippen LogP contribution in [0, 0.1) is 29.1 Å². The average Bonchev–Trinajstić information content (AvgIpc) is 3.00. The zero-order valence-corrected chi connectivity index (χ0v) is 24.3. The Kier molecular flexibility index (Phi) is 9.78. The number of hydrogen-bond acceptors (Lipinski definition) is 1. The van der Waals surface area contributed by atoms with Gasteiger partial charge in [0.1, 0.15) is 11.6 Å². The Morgan fingerprint density at radius 2 is 1.30 bits per heavy atom. The van der Waals surface area contributed by atoms with Crippen molar-refractivity contribution in [3.05, 3.63) is 119 Å². The van der Waals surface area contributed by atoms with Gasteiger partial charge in [0, 0.05) is 5.56 Å². The van der Waals surface area contributed by atoms with Crippen LogP contribution in [0.15, 0.2) is 72.8 Å². The van der Waals surface area contributed by atoms with Crippen molar-refractivity contribution in [1.82, 2.24) is 0 Å². The highest BCUT2D eigenvalue weighted by molar-refractivity contribution is 5.71. The fourth-order valence-corrected chi connectivity index (χ4v) is 5.90. The highest BCUT2D eigenvalue weighted by atomic mass is 19.3. The lowest BCUT2D eigenvalue weighted by Crippen LogP contribution is -2.30. The molecule has 8 heteroatoms. The maximum Gasteiger partial charge on any atom is 0.386 e. The lowest BCUT2D eigenvalue weighted by molar-refractivity contribution is -0.278. The Morgan fingerprint density at radius 1 is 0.659 bits per heavy atom. The number of unbranched alkanes of at least 4 members (excludes halogenated alkanes) is 2. The third-order valence-corrected chi connectivity index (χ3v) is 8.38. The van der Waals surface area contributed by atoms with E-state index in [1.54, 1.807) is 12.1 Å². The smallest absolute Gasteiger partial charge is 0.313 e. The predicted molar refractivity (Wildman–Crippen MR) is 157 cm³/mol. The quantitative estimate of drug-likeness (QED) is 0.0981. The van der Waals surface area contributed by atoms with E-state index in [0.29, 0.717) is 48.8 Å².